The maximum atomic E-state index is 12.7. The average Bonchev–Trinajstić information content (AvgIpc) is 3.39. The smallest absolute Gasteiger partial charge is 0.244 e. The summed E-state index contributed by atoms with van der Waals surface area (Å²) < 4.78 is 1.63. The number of rotatable bonds is 3. The van der Waals surface area contributed by atoms with E-state index in [0.29, 0.717) is 6.54 Å². The number of imidazole rings is 1. The Labute approximate surface area is 156 Å². The topological polar surface area (TPSA) is 67.2 Å². The molecule has 1 atom stereocenters. The van der Waals surface area contributed by atoms with Crippen LogP contribution in [-0.4, -0.2) is 28.0 Å². The van der Waals surface area contributed by atoms with E-state index in [4.69, 9.17) is 0 Å². The third kappa shape index (κ3) is 2.77. The normalized spacial score (nSPS) is 18.9. The van der Waals surface area contributed by atoms with Crippen LogP contribution in [0, 0.1) is 5.92 Å². The zero-order valence-electron chi connectivity index (χ0n) is 14.9. The van der Waals surface area contributed by atoms with Crippen LogP contribution in [0.4, 0.5) is 5.69 Å². The van der Waals surface area contributed by atoms with E-state index in [1.54, 1.807) is 15.9 Å². The Kier molecular flexibility index (Phi) is 3.70. The van der Waals surface area contributed by atoms with Crippen molar-refractivity contribution in [2.75, 3.05) is 16.9 Å². The van der Waals surface area contributed by atoms with Gasteiger partial charge < -0.3 is 4.90 Å². The lowest BCUT2D eigenvalue weighted by Crippen LogP contribution is -2.31. The van der Waals surface area contributed by atoms with Crippen molar-refractivity contribution in [2.45, 2.75) is 25.7 Å². The molecule has 1 aliphatic carbocycles. The van der Waals surface area contributed by atoms with Gasteiger partial charge in [0.05, 0.1) is 17.0 Å². The molecule has 5 rings (SSSR count). The zero-order chi connectivity index (χ0) is 18.4. The molecule has 1 fully saturated rings. The summed E-state index contributed by atoms with van der Waals surface area (Å²) in [7, 11) is 0. The first kappa shape index (κ1) is 16.1. The molecule has 1 saturated heterocycles. The predicted molar refractivity (Wildman–Crippen MR) is 103 cm³/mol. The number of fused-ring (bicyclic) bond motifs is 2. The second-order valence-electron chi connectivity index (χ2n) is 7.29. The Bertz CT molecular complexity index is 1060. The Hall–Kier alpha value is -3.15. The van der Waals surface area contributed by atoms with Gasteiger partial charge in [0.2, 0.25) is 11.8 Å². The highest BCUT2D eigenvalue weighted by Gasteiger charge is 2.35. The van der Waals surface area contributed by atoms with Gasteiger partial charge in [-0.25, -0.2) is 9.66 Å². The van der Waals surface area contributed by atoms with E-state index in [1.165, 1.54) is 17.5 Å². The SMILES string of the molecule is O=C(Nn1cnc2ccccc21)[C@H]1CC(=O)N(c2ccc3c(c2)CCC3)C1. The largest absolute Gasteiger partial charge is 0.312 e. The van der Waals surface area contributed by atoms with Gasteiger partial charge in [-0.15, -0.1) is 0 Å². The molecule has 1 aromatic heterocycles. The number of amides is 2. The van der Waals surface area contributed by atoms with Crippen LogP contribution in [0.25, 0.3) is 11.0 Å². The van der Waals surface area contributed by atoms with Crippen molar-refractivity contribution in [3.05, 3.63) is 59.9 Å². The molecular formula is C21H20N4O2. The second-order valence-corrected chi connectivity index (χ2v) is 7.29. The number of hydrogen-bond donors (Lipinski definition) is 1. The van der Waals surface area contributed by atoms with Gasteiger partial charge in [0.15, 0.2) is 0 Å². The van der Waals surface area contributed by atoms with Gasteiger partial charge in [0.1, 0.15) is 6.33 Å². The van der Waals surface area contributed by atoms with E-state index in [-0.39, 0.29) is 24.2 Å². The van der Waals surface area contributed by atoms with Gasteiger partial charge in [-0.3, -0.25) is 15.0 Å². The van der Waals surface area contributed by atoms with Gasteiger partial charge in [-0.2, -0.15) is 0 Å². The van der Waals surface area contributed by atoms with Crippen LogP contribution in [0.2, 0.25) is 0 Å². The minimum atomic E-state index is -0.369. The number of hydrogen-bond acceptors (Lipinski definition) is 3. The van der Waals surface area contributed by atoms with E-state index in [1.807, 2.05) is 30.3 Å². The molecule has 2 heterocycles. The van der Waals surface area contributed by atoms with Crippen LogP contribution in [0.1, 0.15) is 24.0 Å². The highest BCUT2D eigenvalue weighted by atomic mass is 16.2. The fourth-order valence-corrected chi connectivity index (χ4v) is 4.12. The minimum absolute atomic E-state index is 0.00332. The van der Waals surface area contributed by atoms with Gasteiger partial charge in [0.25, 0.3) is 0 Å². The van der Waals surface area contributed by atoms with Gasteiger partial charge in [0, 0.05) is 18.7 Å². The summed E-state index contributed by atoms with van der Waals surface area (Å²) >= 11 is 0. The minimum Gasteiger partial charge on any atom is -0.312 e. The number of carbonyl (C=O) groups is 2. The lowest BCUT2D eigenvalue weighted by molar-refractivity contribution is -0.123. The summed E-state index contributed by atoms with van der Waals surface area (Å²) in [5.41, 5.74) is 8.15. The molecule has 0 spiro atoms. The number of carbonyl (C=O) groups excluding carboxylic acids is 2. The standard InChI is InChI=1S/C21H20N4O2/c26-20-11-16(12-24(20)17-9-8-14-4-3-5-15(14)10-17)21(27)23-25-13-22-18-6-1-2-7-19(18)25/h1-2,6-10,13,16H,3-5,11-12H2,(H,23,27)/t16-/m0/s1. The second kappa shape index (κ2) is 6.23. The van der Waals surface area contributed by atoms with E-state index >= 15 is 0 Å². The Morgan fingerprint density at radius 1 is 1.11 bits per heavy atom. The highest BCUT2D eigenvalue weighted by Crippen LogP contribution is 2.30. The molecule has 27 heavy (non-hydrogen) atoms. The fourth-order valence-electron chi connectivity index (χ4n) is 4.12. The first-order valence-electron chi connectivity index (χ1n) is 9.34. The monoisotopic (exact) mass is 360 g/mol. The summed E-state index contributed by atoms with van der Waals surface area (Å²) in [5, 5.41) is 0. The van der Waals surface area contributed by atoms with Crippen LogP contribution in [-0.2, 0) is 22.4 Å². The number of para-hydroxylation sites is 2. The molecule has 2 aromatic carbocycles. The quantitative estimate of drug-likeness (QED) is 0.781. The van der Waals surface area contributed by atoms with Crippen LogP contribution in [0.3, 0.4) is 0 Å². The number of nitrogens with one attached hydrogen (secondary N) is 1. The summed E-state index contributed by atoms with van der Waals surface area (Å²) in [4.78, 5) is 31.3. The average molecular weight is 360 g/mol. The number of benzene rings is 2. The zero-order valence-corrected chi connectivity index (χ0v) is 14.9. The van der Waals surface area contributed by atoms with Crippen LogP contribution in [0.15, 0.2) is 48.8 Å². The predicted octanol–water partition coefficient (Wildman–Crippen LogP) is 2.65. The molecule has 136 valence electrons. The molecular weight excluding hydrogens is 340 g/mol. The molecule has 1 aliphatic heterocycles. The molecule has 3 aromatic rings. The molecule has 1 N–H and O–H groups in total. The highest BCUT2D eigenvalue weighted by molar-refractivity contribution is 6.02. The van der Waals surface area contributed by atoms with Crippen molar-refractivity contribution >= 4 is 28.5 Å². The van der Waals surface area contributed by atoms with Gasteiger partial charge in [-0.1, -0.05) is 18.2 Å². The maximum absolute atomic E-state index is 12.7. The van der Waals surface area contributed by atoms with Crippen LogP contribution in [0.5, 0.6) is 0 Å². The number of aromatic nitrogens is 2. The van der Waals surface area contributed by atoms with Crippen LogP contribution >= 0.6 is 0 Å². The lowest BCUT2D eigenvalue weighted by atomic mass is 10.1. The van der Waals surface area contributed by atoms with Gasteiger partial charge >= 0.3 is 0 Å². The van der Waals surface area contributed by atoms with Crippen molar-refractivity contribution in [2.24, 2.45) is 5.92 Å². The summed E-state index contributed by atoms with van der Waals surface area (Å²) in [6.07, 6.45) is 5.19. The molecule has 6 heteroatoms. The fraction of sp³-hybridized carbons (Fsp3) is 0.286. The third-order valence-corrected chi connectivity index (χ3v) is 5.57. The molecule has 2 amide bonds. The first-order valence-corrected chi connectivity index (χ1v) is 9.34. The summed E-state index contributed by atoms with van der Waals surface area (Å²) in [6, 6.07) is 13.9. The molecule has 0 unspecified atom stereocenters. The Morgan fingerprint density at radius 2 is 1.96 bits per heavy atom. The lowest BCUT2D eigenvalue weighted by Gasteiger charge is -2.18. The van der Waals surface area contributed by atoms with Crippen molar-refractivity contribution in [3.8, 4) is 0 Å². The van der Waals surface area contributed by atoms with E-state index in [0.717, 1.165) is 29.6 Å². The Morgan fingerprint density at radius 3 is 2.89 bits per heavy atom. The number of nitrogens with zero attached hydrogens (tertiary/aromatic N) is 3. The number of anilines is 1. The Balaban J connectivity index is 1.33. The molecule has 0 saturated carbocycles. The maximum Gasteiger partial charge on any atom is 0.244 e. The van der Waals surface area contributed by atoms with Crippen molar-refractivity contribution in [1.82, 2.24) is 9.66 Å². The van der Waals surface area contributed by atoms with Gasteiger partial charge in [-0.05, 0) is 54.7 Å². The molecule has 0 bridgehead atoms. The van der Waals surface area contributed by atoms with E-state index < -0.39 is 0 Å². The van der Waals surface area contributed by atoms with Crippen molar-refractivity contribution in [3.63, 3.8) is 0 Å². The summed E-state index contributed by atoms with van der Waals surface area (Å²) in [6.45, 7) is 0.413. The molecule has 6 nitrogen and oxygen atoms in total. The van der Waals surface area contributed by atoms with E-state index in [9.17, 15) is 9.59 Å². The van der Waals surface area contributed by atoms with Crippen molar-refractivity contribution in [1.29, 1.82) is 0 Å². The third-order valence-electron chi connectivity index (χ3n) is 5.57. The molecule has 0 radical (unpaired) electrons. The molecule has 2 aliphatic rings. The van der Waals surface area contributed by atoms with Crippen molar-refractivity contribution < 1.29 is 9.59 Å². The van der Waals surface area contributed by atoms with E-state index in [2.05, 4.69) is 22.5 Å². The first-order chi connectivity index (χ1) is 13.2. The number of aryl methyl sites for hydroxylation is 2. The summed E-state index contributed by atoms with van der Waals surface area (Å²) in [5.74, 6) is -0.523. The van der Waals surface area contributed by atoms with Crippen LogP contribution < -0.4 is 10.3 Å².